The molecule has 0 aromatic carbocycles. The quantitative estimate of drug-likeness (QED) is 0.649. The molecule has 0 aliphatic heterocycles. The molecule has 0 bridgehead atoms. The minimum Gasteiger partial charge on any atom is -0.448 e. The fourth-order valence-corrected chi connectivity index (χ4v) is 2.12. The molecule has 1 aromatic heterocycles. The van der Waals surface area contributed by atoms with E-state index in [-0.39, 0.29) is 5.69 Å². The Morgan fingerprint density at radius 1 is 1.36 bits per heavy atom. The number of carbonyl (C=O) groups excluding carboxylic acids is 3. The summed E-state index contributed by atoms with van der Waals surface area (Å²) in [5, 5.41) is 7.10. The van der Waals surface area contributed by atoms with E-state index >= 15 is 0 Å². The van der Waals surface area contributed by atoms with E-state index in [0.29, 0.717) is 11.0 Å². The Bertz CT molecular complexity index is 544. The number of aromatic nitrogens is 1. The first kappa shape index (κ1) is 17.9. The number of nitrogens with zero attached hydrogens (tertiary/aromatic N) is 1. The predicted octanol–water partition coefficient (Wildman–Crippen LogP) is 1.34. The van der Waals surface area contributed by atoms with Gasteiger partial charge in [0.2, 0.25) is 0 Å². The Morgan fingerprint density at radius 3 is 2.64 bits per heavy atom. The summed E-state index contributed by atoms with van der Waals surface area (Å²) in [6.45, 7) is 6.33. The molecular weight excluding hydrogens is 308 g/mol. The van der Waals surface area contributed by atoms with Crippen LogP contribution in [0.15, 0.2) is 5.38 Å². The molecule has 3 amide bonds. The highest BCUT2D eigenvalue weighted by atomic mass is 32.1. The van der Waals surface area contributed by atoms with E-state index in [0.717, 1.165) is 13.0 Å². The number of carbonyl (C=O) groups is 3. The minimum absolute atomic E-state index is 0.107. The molecule has 0 aliphatic carbocycles. The molecule has 4 N–H and O–H groups in total. The Hall–Kier alpha value is -2.16. The molecule has 0 spiro atoms. The number of primary amides is 1. The van der Waals surface area contributed by atoms with Crippen LogP contribution < -0.4 is 16.4 Å². The van der Waals surface area contributed by atoms with Gasteiger partial charge in [-0.3, -0.25) is 10.1 Å². The van der Waals surface area contributed by atoms with Crippen molar-refractivity contribution in [1.82, 2.24) is 10.3 Å². The van der Waals surface area contributed by atoms with Gasteiger partial charge in [-0.25, -0.2) is 14.6 Å². The fourth-order valence-electron chi connectivity index (χ4n) is 1.41. The van der Waals surface area contributed by atoms with Gasteiger partial charge >= 0.3 is 12.0 Å². The van der Waals surface area contributed by atoms with Crippen molar-refractivity contribution in [1.29, 1.82) is 0 Å². The zero-order valence-electron chi connectivity index (χ0n) is 12.7. The molecule has 1 aromatic rings. The van der Waals surface area contributed by atoms with Gasteiger partial charge < -0.3 is 15.8 Å². The van der Waals surface area contributed by atoms with Gasteiger partial charge in [-0.1, -0.05) is 13.8 Å². The first-order valence-electron chi connectivity index (χ1n) is 6.80. The van der Waals surface area contributed by atoms with Crippen LogP contribution in [0.5, 0.6) is 0 Å². The number of hydrogen-bond donors (Lipinski definition) is 3. The molecule has 0 saturated heterocycles. The monoisotopic (exact) mass is 328 g/mol. The molecule has 0 radical (unpaired) electrons. The predicted molar refractivity (Wildman–Crippen MR) is 82.7 cm³/mol. The standard InChI is InChI=1S/C13H20N4O4S/c1-7(2)4-5-15-13-16-9(6-22-13)11(19)21-8(3)10(18)17-12(14)20/h6-8H,4-5H2,1-3H3,(H,15,16)(H3,14,17,18,20)/t8-/m1/s1. The molecule has 0 saturated carbocycles. The number of rotatable bonds is 7. The van der Waals surface area contributed by atoms with Crippen molar-refractivity contribution in [2.24, 2.45) is 11.7 Å². The van der Waals surface area contributed by atoms with Gasteiger partial charge in [-0.05, 0) is 19.3 Å². The van der Waals surface area contributed by atoms with Crippen LogP contribution >= 0.6 is 11.3 Å². The van der Waals surface area contributed by atoms with Crippen LogP contribution in [0.3, 0.4) is 0 Å². The third-order valence-electron chi connectivity index (χ3n) is 2.61. The van der Waals surface area contributed by atoms with Gasteiger partial charge in [-0.2, -0.15) is 0 Å². The van der Waals surface area contributed by atoms with Crippen LogP contribution in [-0.4, -0.2) is 35.5 Å². The van der Waals surface area contributed by atoms with Gasteiger partial charge in [0.25, 0.3) is 5.91 Å². The van der Waals surface area contributed by atoms with Crippen LogP contribution in [-0.2, 0) is 9.53 Å². The first-order valence-corrected chi connectivity index (χ1v) is 7.68. The normalized spacial score (nSPS) is 11.8. The van der Waals surface area contributed by atoms with Crippen molar-refractivity contribution in [3.63, 3.8) is 0 Å². The van der Waals surface area contributed by atoms with Crippen LogP contribution in [0.4, 0.5) is 9.93 Å². The maximum Gasteiger partial charge on any atom is 0.358 e. The van der Waals surface area contributed by atoms with Gasteiger partial charge in [0, 0.05) is 11.9 Å². The number of anilines is 1. The van der Waals surface area contributed by atoms with Crippen molar-refractivity contribution in [2.75, 3.05) is 11.9 Å². The molecule has 0 unspecified atom stereocenters. The van der Waals surface area contributed by atoms with E-state index in [4.69, 9.17) is 10.5 Å². The molecule has 1 atom stereocenters. The van der Waals surface area contributed by atoms with E-state index in [9.17, 15) is 14.4 Å². The second kappa shape index (κ2) is 8.32. The number of hydrogen-bond acceptors (Lipinski definition) is 7. The second-order valence-corrected chi connectivity index (χ2v) is 5.91. The Kier molecular flexibility index (Phi) is 6.77. The molecule has 0 aliphatic rings. The molecule has 0 fully saturated rings. The Morgan fingerprint density at radius 2 is 2.05 bits per heavy atom. The molecule has 1 rings (SSSR count). The smallest absolute Gasteiger partial charge is 0.358 e. The van der Waals surface area contributed by atoms with E-state index in [1.165, 1.54) is 18.3 Å². The van der Waals surface area contributed by atoms with E-state index < -0.39 is 24.0 Å². The topological polar surface area (TPSA) is 123 Å². The van der Waals surface area contributed by atoms with Crippen LogP contribution in [0.2, 0.25) is 0 Å². The molecular formula is C13H20N4O4S. The second-order valence-electron chi connectivity index (χ2n) is 5.05. The number of urea groups is 1. The maximum absolute atomic E-state index is 11.8. The highest BCUT2D eigenvalue weighted by Crippen LogP contribution is 2.17. The summed E-state index contributed by atoms with van der Waals surface area (Å²) < 4.78 is 4.91. The van der Waals surface area contributed by atoms with Crippen molar-refractivity contribution >= 4 is 34.4 Å². The molecule has 1 heterocycles. The molecule has 22 heavy (non-hydrogen) atoms. The number of nitrogens with two attached hydrogens (primary N) is 1. The zero-order valence-corrected chi connectivity index (χ0v) is 13.5. The number of nitrogens with one attached hydrogen (secondary N) is 2. The minimum atomic E-state index is -1.14. The first-order chi connectivity index (χ1) is 10.3. The van der Waals surface area contributed by atoms with Crippen molar-refractivity contribution in [3.8, 4) is 0 Å². The van der Waals surface area contributed by atoms with Crippen molar-refractivity contribution in [2.45, 2.75) is 33.3 Å². The van der Waals surface area contributed by atoms with E-state index in [1.807, 2.05) is 5.32 Å². The average molecular weight is 328 g/mol. The summed E-state index contributed by atoms with van der Waals surface area (Å²) >= 11 is 1.28. The molecule has 8 nitrogen and oxygen atoms in total. The summed E-state index contributed by atoms with van der Waals surface area (Å²) in [4.78, 5) is 37.9. The summed E-state index contributed by atoms with van der Waals surface area (Å²) in [6.07, 6.45) is -0.150. The molecule has 122 valence electrons. The lowest BCUT2D eigenvalue weighted by Gasteiger charge is -2.10. The summed E-state index contributed by atoms with van der Waals surface area (Å²) in [7, 11) is 0. The third kappa shape index (κ3) is 6.08. The maximum atomic E-state index is 11.8. The number of esters is 1. The summed E-state index contributed by atoms with van der Waals surface area (Å²) in [6, 6.07) is -1.00. The Balaban J connectivity index is 2.50. The van der Waals surface area contributed by atoms with Gasteiger partial charge in [0.15, 0.2) is 16.9 Å². The van der Waals surface area contributed by atoms with Crippen molar-refractivity contribution in [3.05, 3.63) is 11.1 Å². The van der Waals surface area contributed by atoms with E-state index in [1.54, 1.807) is 5.38 Å². The lowest BCUT2D eigenvalue weighted by atomic mass is 10.1. The van der Waals surface area contributed by atoms with Gasteiger partial charge in [0.1, 0.15) is 0 Å². The molecule has 9 heteroatoms. The fraction of sp³-hybridized carbons (Fsp3) is 0.538. The number of ether oxygens (including phenoxy) is 1. The number of thiazole rings is 1. The SMILES string of the molecule is CC(C)CCNc1nc(C(=O)O[C@H](C)C(=O)NC(N)=O)cs1. The van der Waals surface area contributed by atoms with Gasteiger partial charge in [0.05, 0.1) is 0 Å². The van der Waals surface area contributed by atoms with Gasteiger partial charge in [-0.15, -0.1) is 11.3 Å². The lowest BCUT2D eigenvalue weighted by molar-refractivity contribution is -0.127. The Labute approximate surface area is 132 Å². The average Bonchev–Trinajstić information content (AvgIpc) is 2.86. The highest BCUT2D eigenvalue weighted by Gasteiger charge is 2.21. The third-order valence-corrected chi connectivity index (χ3v) is 3.41. The highest BCUT2D eigenvalue weighted by molar-refractivity contribution is 7.13. The summed E-state index contributed by atoms with van der Waals surface area (Å²) in [5.74, 6) is -0.951. The van der Waals surface area contributed by atoms with Crippen molar-refractivity contribution < 1.29 is 19.1 Å². The van der Waals surface area contributed by atoms with Crippen LogP contribution in [0.1, 0.15) is 37.7 Å². The van der Waals surface area contributed by atoms with Crippen LogP contribution in [0, 0.1) is 5.92 Å². The zero-order chi connectivity index (χ0) is 16.7. The summed E-state index contributed by atoms with van der Waals surface area (Å²) in [5.41, 5.74) is 4.92. The lowest BCUT2D eigenvalue weighted by Crippen LogP contribution is -2.42. The number of amides is 3. The van der Waals surface area contributed by atoms with Crippen LogP contribution in [0.25, 0.3) is 0 Å². The number of imide groups is 1. The largest absolute Gasteiger partial charge is 0.448 e. The van der Waals surface area contributed by atoms with E-state index in [2.05, 4.69) is 24.1 Å².